The molecule has 138 valence electrons. The first-order valence-electron chi connectivity index (χ1n) is 9.02. The van der Waals surface area contributed by atoms with Crippen LogP contribution in [-0.4, -0.2) is 39.1 Å². The molecule has 0 spiro atoms. The Bertz CT molecular complexity index is 888. The number of pyridine rings is 2. The molecule has 8 nitrogen and oxygen atoms in total. The highest BCUT2D eigenvalue weighted by atomic mass is 16.5. The van der Waals surface area contributed by atoms with E-state index in [0.29, 0.717) is 23.8 Å². The van der Waals surface area contributed by atoms with Crippen LogP contribution in [0.5, 0.6) is 0 Å². The van der Waals surface area contributed by atoms with Gasteiger partial charge in [-0.15, -0.1) is 0 Å². The van der Waals surface area contributed by atoms with Crippen molar-refractivity contribution in [3.63, 3.8) is 0 Å². The normalized spacial score (nSPS) is 13.7. The molecule has 1 aliphatic heterocycles. The Labute approximate surface area is 156 Å². The van der Waals surface area contributed by atoms with Gasteiger partial charge in [0.15, 0.2) is 0 Å². The quantitative estimate of drug-likeness (QED) is 0.718. The summed E-state index contributed by atoms with van der Waals surface area (Å²) >= 11 is 0. The third-order valence-electron chi connectivity index (χ3n) is 4.43. The molecule has 1 aliphatic rings. The van der Waals surface area contributed by atoms with E-state index in [4.69, 9.17) is 4.52 Å². The van der Waals surface area contributed by atoms with Crippen LogP contribution in [0.2, 0.25) is 0 Å². The van der Waals surface area contributed by atoms with Gasteiger partial charge in [0.2, 0.25) is 17.6 Å². The molecule has 4 heterocycles. The first kappa shape index (κ1) is 17.1. The Morgan fingerprint density at radius 1 is 1.15 bits per heavy atom. The zero-order chi connectivity index (χ0) is 18.5. The van der Waals surface area contributed by atoms with E-state index in [9.17, 15) is 4.79 Å². The number of nitrogens with one attached hydrogen (secondary N) is 1. The Morgan fingerprint density at radius 3 is 2.70 bits per heavy atom. The van der Waals surface area contributed by atoms with Crippen molar-refractivity contribution < 1.29 is 9.32 Å². The third kappa shape index (κ3) is 4.28. The average Bonchev–Trinajstić information content (AvgIpc) is 3.40. The van der Waals surface area contributed by atoms with E-state index in [1.807, 2.05) is 12.1 Å². The van der Waals surface area contributed by atoms with Gasteiger partial charge in [0, 0.05) is 43.9 Å². The number of nitrogens with zero attached hydrogens (tertiary/aromatic N) is 5. The van der Waals surface area contributed by atoms with E-state index >= 15 is 0 Å². The molecule has 3 aromatic rings. The zero-order valence-electron chi connectivity index (χ0n) is 14.8. The molecule has 1 fully saturated rings. The van der Waals surface area contributed by atoms with Gasteiger partial charge in [-0.1, -0.05) is 5.16 Å². The molecule has 0 radical (unpaired) electrons. The minimum Gasteiger partial charge on any atom is -0.357 e. The highest BCUT2D eigenvalue weighted by Crippen LogP contribution is 2.19. The number of aryl methyl sites for hydroxylation is 1. The van der Waals surface area contributed by atoms with Crippen molar-refractivity contribution in [3.05, 3.63) is 48.7 Å². The van der Waals surface area contributed by atoms with Crippen LogP contribution in [-0.2, 0) is 11.2 Å². The van der Waals surface area contributed by atoms with Gasteiger partial charge in [-0.25, -0.2) is 4.98 Å². The fraction of sp³-hybridized carbons (Fsp3) is 0.316. The molecule has 27 heavy (non-hydrogen) atoms. The summed E-state index contributed by atoms with van der Waals surface area (Å²) in [5.74, 6) is 1.77. The van der Waals surface area contributed by atoms with E-state index in [2.05, 4.69) is 30.3 Å². The van der Waals surface area contributed by atoms with Gasteiger partial charge in [-0.3, -0.25) is 9.78 Å². The lowest BCUT2D eigenvalue weighted by molar-refractivity contribution is -0.116. The second-order valence-corrected chi connectivity index (χ2v) is 6.40. The van der Waals surface area contributed by atoms with Crippen molar-refractivity contribution in [3.8, 4) is 11.4 Å². The number of carbonyl (C=O) groups is 1. The van der Waals surface area contributed by atoms with Crippen LogP contribution in [0.3, 0.4) is 0 Å². The molecule has 0 unspecified atom stereocenters. The minimum atomic E-state index is -0.116. The smallest absolute Gasteiger partial charge is 0.227 e. The Kier molecular flexibility index (Phi) is 5.04. The Morgan fingerprint density at radius 2 is 1.96 bits per heavy atom. The van der Waals surface area contributed by atoms with E-state index < -0.39 is 0 Å². The number of carbonyl (C=O) groups excluding carboxylic acids is 1. The number of anilines is 2. The molecule has 0 aromatic carbocycles. The lowest BCUT2D eigenvalue weighted by atomic mass is 10.2. The standard InChI is InChI=1S/C19H20N6O2/c26-17(22-15-3-4-16(21-13-15)25-11-1-2-12-25)5-6-18-23-19(24-27-18)14-7-9-20-10-8-14/h3-4,7-10,13H,1-2,5-6,11-12H2,(H,22,26). The van der Waals surface area contributed by atoms with Crippen molar-refractivity contribution >= 4 is 17.4 Å². The molecule has 4 rings (SSSR count). The summed E-state index contributed by atoms with van der Waals surface area (Å²) in [6.45, 7) is 2.09. The highest BCUT2D eigenvalue weighted by Gasteiger charge is 2.14. The number of hydrogen-bond acceptors (Lipinski definition) is 7. The lowest BCUT2D eigenvalue weighted by Crippen LogP contribution is -2.19. The van der Waals surface area contributed by atoms with Gasteiger partial charge in [-0.05, 0) is 37.1 Å². The molecule has 0 saturated carbocycles. The van der Waals surface area contributed by atoms with Crippen LogP contribution in [0.15, 0.2) is 47.4 Å². The van der Waals surface area contributed by atoms with Gasteiger partial charge in [0.25, 0.3) is 0 Å². The zero-order valence-corrected chi connectivity index (χ0v) is 14.8. The van der Waals surface area contributed by atoms with Crippen molar-refractivity contribution in [2.75, 3.05) is 23.3 Å². The molecular formula is C19H20N6O2. The van der Waals surface area contributed by atoms with Crippen LogP contribution < -0.4 is 10.2 Å². The Hall–Kier alpha value is -3.29. The van der Waals surface area contributed by atoms with Gasteiger partial charge in [0.1, 0.15) is 5.82 Å². The largest absolute Gasteiger partial charge is 0.357 e. The third-order valence-corrected chi connectivity index (χ3v) is 4.43. The second-order valence-electron chi connectivity index (χ2n) is 6.40. The van der Waals surface area contributed by atoms with Crippen molar-refractivity contribution in [1.29, 1.82) is 0 Å². The second kappa shape index (κ2) is 7.94. The number of aromatic nitrogens is 4. The maximum absolute atomic E-state index is 12.2. The summed E-state index contributed by atoms with van der Waals surface area (Å²) < 4.78 is 5.21. The summed E-state index contributed by atoms with van der Waals surface area (Å²) in [6.07, 6.45) is 8.08. The van der Waals surface area contributed by atoms with Crippen molar-refractivity contribution in [2.45, 2.75) is 25.7 Å². The molecule has 0 bridgehead atoms. The summed E-state index contributed by atoms with van der Waals surface area (Å²) in [5.41, 5.74) is 1.51. The van der Waals surface area contributed by atoms with E-state index in [1.54, 1.807) is 30.7 Å². The predicted molar refractivity (Wildman–Crippen MR) is 100 cm³/mol. The van der Waals surface area contributed by atoms with Gasteiger partial charge < -0.3 is 14.7 Å². The molecule has 3 aromatic heterocycles. The van der Waals surface area contributed by atoms with Crippen LogP contribution >= 0.6 is 0 Å². The summed E-state index contributed by atoms with van der Waals surface area (Å²) in [4.78, 5) is 27.1. The molecule has 0 aliphatic carbocycles. The first-order valence-corrected chi connectivity index (χ1v) is 9.02. The SMILES string of the molecule is O=C(CCc1nc(-c2ccncc2)no1)Nc1ccc(N2CCCC2)nc1. The molecule has 1 saturated heterocycles. The van der Waals surface area contributed by atoms with Crippen molar-refractivity contribution in [1.82, 2.24) is 20.1 Å². The topological polar surface area (TPSA) is 97.0 Å². The summed E-state index contributed by atoms with van der Waals surface area (Å²) in [6, 6.07) is 7.44. The van der Waals surface area contributed by atoms with E-state index in [-0.39, 0.29) is 12.3 Å². The molecular weight excluding hydrogens is 344 g/mol. The van der Waals surface area contributed by atoms with Crippen LogP contribution in [0.4, 0.5) is 11.5 Å². The van der Waals surface area contributed by atoms with Crippen LogP contribution in [0, 0.1) is 0 Å². The number of amides is 1. The maximum atomic E-state index is 12.2. The fourth-order valence-electron chi connectivity index (χ4n) is 3.01. The maximum Gasteiger partial charge on any atom is 0.227 e. The highest BCUT2D eigenvalue weighted by molar-refractivity contribution is 5.90. The monoisotopic (exact) mass is 364 g/mol. The predicted octanol–water partition coefficient (Wildman–Crippen LogP) is 2.70. The minimum absolute atomic E-state index is 0.116. The number of hydrogen-bond donors (Lipinski definition) is 1. The summed E-state index contributed by atoms with van der Waals surface area (Å²) in [5, 5.41) is 6.79. The van der Waals surface area contributed by atoms with Gasteiger partial charge >= 0.3 is 0 Å². The summed E-state index contributed by atoms with van der Waals surface area (Å²) in [7, 11) is 0. The average molecular weight is 364 g/mol. The van der Waals surface area contributed by atoms with E-state index in [1.165, 1.54) is 12.8 Å². The molecule has 8 heteroatoms. The van der Waals surface area contributed by atoms with Crippen LogP contribution in [0.25, 0.3) is 11.4 Å². The Balaban J connectivity index is 1.29. The first-order chi connectivity index (χ1) is 13.3. The lowest BCUT2D eigenvalue weighted by Gasteiger charge is -2.16. The van der Waals surface area contributed by atoms with Crippen LogP contribution in [0.1, 0.15) is 25.2 Å². The van der Waals surface area contributed by atoms with E-state index in [0.717, 1.165) is 24.5 Å². The molecule has 1 N–H and O–H groups in total. The number of rotatable bonds is 6. The van der Waals surface area contributed by atoms with Gasteiger partial charge in [0.05, 0.1) is 11.9 Å². The fourth-order valence-corrected chi connectivity index (χ4v) is 3.01. The molecule has 0 atom stereocenters. The van der Waals surface area contributed by atoms with Gasteiger partial charge in [-0.2, -0.15) is 4.98 Å². The van der Waals surface area contributed by atoms with Crippen molar-refractivity contribution in [2.24, 2.45) is 0 Å². The molecule has 1 amide bonds.